The van der Waals surface area contributed by atoms with Crippen LogP contribution in [-0.4, -0.2) is 26.8 Å². The average molecular weight is 363 g/mol. The van der Waals surface area contributed by atoms with Crippen molar-refractivity contribution in [1.82, 2.24) is 15.1 Å². The molecule has 3 aromatic heterocycles. The number of esters is 1. The van der Waals surface area contributed by atoms with Gasteiger partial charge in [-0.25, -0.2) is 9.97 Å². The number of rotatable bonds is 5. The van der Waals surface area contributed by atoms with E-state index in [-0.39, 0.29) is 18.3 Å². The summed E-state index contributed by atoms with van der Waals surface area (Å²) in [6.07, 6.45) is 0. The molecule has 0 aromatic carbocycles. The predicted molar refractivity (Wildman–Crippen MR) is 93.4 cm³/mol. The van der Waals surface area contributed by atoms with Crippen molar-refractivity contribution in [1.29, 1.82) is 0 Å². The number of hydrogen-bond acceptors (Lipinski definition) is 8. The van der Waals surface area contributed by atoms with Gasteiger partial charge in [0, 0.05) is 16.3 Å². The van der Waals surface area contributed by atoms with Gasteiger partial charge in [-0.2, -0.15) is 0 Å². The number of ether oxygens (including phenoxy) is 1. The molecule has 0 bridgehead atoms. The number of aromatic nitrogens is 3. The fourth-order valence-electron chi connectivity index (χ4n) is 2.23. The maximum atomic E-state index is 12.0. The summed E-state index contributed by atoms with van der Waals surface area (Å²) in [5, 5.41) is 5.66. The summed E-state index contributed by atoms with van der Waals surface area (Å²) in [7, 11) is 0. The Morgan fingerprint density at radius 1 is 1.29 bits per heavy atom. The fourth-order valence-corrected chi connectivity index (χ4v) is 4.30. The van der Waals surface area contributed by atoms with Crippen molar-refractivity contribution in [2.45, 2.75) is 39.3 Å². The van der Waals surface area contributed by atoms with Gasteiger partial charge in [-0.1, -0.05) is 16.9 Å². The van der Waals surface area contributed by atoms with E-state index in [9.17, 15) is 4.79 Å². The second kappa shape index (κ2) is 6.90. The number of hydrogen-bond donors (Lipinski definition) is 0. The smallest absolute Gasteiger partial charge is 0.316 e. The van der Waals surface area contributed by atoms with Gasteiger partial charge < -0.3 is 9.26 Å². The molecule has 0 radical (unpaired) electrons. The van der Waals surface area contributed by atoms with E-state index in [1.165, 1.54) is 22.2 Å². The van der Waals surface area contributed by atoms with E-state index in [0.717, 1.165) is 15.2 Å². The largest absolute Gasteiger partial charge is 0.458 e. The molecule has 0 fully saturated rings. The standard InChI is InChI=1S/C16H17N3O3S2/c1-8-5-12(19-22-8)6-21-13(20)7-23-15-14-9(2)10(3)24-16(14)18-11(4)17-15/h5H,6-7H2,1-4H3. The van der Waals surface area contributed by atoms with Crippen LogP contribution in [0.1, 0.15) is 27.7 Å². The lowest BCUT2D eigenvalue weighted by Crippen LogP contribution is -2.08. The number of thiophene rings is 1. The van der Waals surface area contributed by atoms with Gasteiger partial charge in [0.05, 0.1) is 5.75 Å². The molecule has 0 atom stereocenters. The highest BCUT2D eigenvalue weighted by Crippen LogP contribution is 2.35. The highest BCUT2D eigenvalue weighted by atomic mass is 32.2. The minimum Gasteiger partial charge on any atom is -0.458 e. The second-order valence-corrected chi connectivity index (χ2v) is 7.58. The molecule has 126 valence electrons. The summed E-state index contributed by atoms with van der Waals surface area (Å²) in [5.41, 5.74) is 1.78. The van der Waals surface area contributed by atoms with E-state index in [4.69, 9.17) is 9.26 Å². The average Bonchev–Trinajstić information content (AvgIpc) is 3.06. The van der Waals surface area contributed by atoms with E-state index in [2.05, 4.69) is 29.0 Å². The van der Waals surface area contributed by atoms with Gasteiger partial charge in [0.25, 0.3) is 0 Å². The molecule has 3 heterocycles. The van der Waals surface area contributed by atoms with Crippen LogP contribution < -0.4 is 0 Å². The molecule has 24 heavy (non-hydrogen) atoms. The quantitative estimate of drug-likeness (QED) is 0.388. The summed E-state index contributed by atoms with van der Waals surface area (Å²) >= 11 is 3.03. The van der Waals surface area contributed by atoms with Crippen LogP contribution in [0.4, 0.5) is 0 Å². The maximum absolute atomic E-state index is 12.0. The first-order chi connectivity index (χ1) is 11.4. The zero-order chi connectivity index (χ0) is 17.3. The van der Waals surface area contributed by atoms with Crippen LogP contribution >= 0.6 is 23.1 Å². The summed E-state index contributed by atoms with van der Waals surface area (Å²) in [5.74, 6) is 1.28. The van der Waals surface area contributed by atoms with Crippen molar-refractivity contribution < 1.29 is 14.1 Å². The molecular formula is C16H17N3O3S2. The molecule has 0 aliphatic rings. The van der Waals surface area contributed by atoms with E-state index in [0.29, 0.717) is 17.3 Å². The second-order valence-electron chi connectivity index (χ2n) is 5.42. The van der Waals surface area contributed by atoms with Crippen LogP contribution in [0.2, 0.25) is 0 Å². The monoisotopic (exact) mass is 363 g/mol. The third kappa shape index (κ3) is 3.59. The molecule has 0 aliphatic carbocycles. The van der Waals surface area contributed by atoms with Crippen molar-refractivity contribution in [2.24, 2.45) is 0 Å². The molecule has 0 aliphatic heterocycles. The number of carbonyl (C=O) groups excluding carboxylic acids is 1. The Labute approximate surface area is 147 Å². The molecule has 3 rings (SSSR count). The predicted octanol–water partition coefficient (Wildman–Crippen LogP) is 3.75. The van der Waals surface area contributed by atoms with Crippen LogP contribution in [-0.2, 0) is 16.1 Å². The molecule has 0 saturated carbocycles. The van der Waals surface area contributed by atoms with Crippen LogP contribution in [0.25, 0.3) is 10.2 Å². The molecule has 0 unspecified atom stereocenters. The van der Waals surface area contributed by atoms with Gasteiger partial charge in [0.2, 0.25) is 0 Å². The SMILES string of the molecule is Cc1nc(SCC(=O)OCc2cc(C)on2)c2c(C)c(C)sc2n1. The highest BCUT2D eigenvalue weighted by Gasteiger charge is 2.15. The van der Waals surface area contributed by atoms with Gasteiger partial charge in [-0.3, -0.25) is 4.79 Å². The van der Waals surface area contributed by atoms with Crippen LogP contribution in [0.5, 0.6) is 0 Å². The van der Waals surface area contributed by atoms with Crippen molar-refractivity contribution in [3.05, 3.63) is 33.8 Å². The van der Waals surface area contributed by atoms with Crippen LogP contribution in [0.3, 0.4) is 0 Å². The Balaban J connectivity index is 1.67. The molecular weight excluding hydrogens is 346 g/mol. The van der Waals surface area contributed by atoms with Crippen molar-refractivity contribution in [2.75, 3.05) is 5.75 Å². The molecule has 0 amide bonds. The lowest BCUT2D eigenvalue weighted by molar-refractivity contribution is -0.141. The minimum absolute atomic E-state index is 0.117. The zero-order valence-corrected chi connectivity index (χ0v) is 15.5. The molecule has 0 spiro atoms. The van der Waals surface area contributed by atoms with Crippen LogP contribution in [0.15, 0.2) is 15.6 Å². The Bertz CT molecular complexity index is 901. The Morgan fingerprint density at radius 3 is 2.79 bits per heavy atom. The first-order valence-electron chi connectivity index (χ1n) is 7.39. The summed E-state index contributed by atoms with van der Waals surface area (Å²) in [6, 6.07) is 1.75. The van der Waals surface area contributed by atoms with E-state index in [1.807, 2.05) is 6.92 Å². The first kappa shape index (κ1) is 16.9. The first-order valence-corrected chi connectivity index (χ1v) is 9.19. The lowest BCUT2D eigenvalue weighted by Gasteiger charge is -2.05. The van der Waals surface area contributed by atoms with Crippen LogP contribution in [0, 0.1) is 27.7 Å². The van der Waals surface area contributed by atoms with Crippen molar-refractivity contribution >= 4 is 39.3 Å². The number of thioether (sulfide) groups is 1. The maximum Gasteiger partial charge on any atom is 0.316 e. The Hall–Kier alpha value is -1.93. The lowest BCUT2D eigenvalue weighted by atomic mass is 10.2. The summed E-state index contributed by atoms with van der Waals surface area (Å²) in [4.78, 5) is 23.1. The van der Waals surface area contributed by atoms with Gasteiger partial charge >= 0.3 is 5.97 Å². The summed E-state index contributed by atoms with van der Waals surface area (Å²) in [6.45, 7) is 7.90. The molecule has 3 aromatic rings. The van der Waals surface area contributed by atoms with Gasteiger partial charge in [0.15, 0.2) is 0 Å². The fraction of sp³-hybridized carbons (Fsp3) is 0.375. The highest BCUT2D eigenvalue weighted by molar-refractivity contribution is 8.00. The number of carbonyl (C=O) groups is 1. The molecule has 0 N–H and O–H groups in total. The zero-order valence-electron chi connectivity index (χ0n) is 13.9. The minimum atomic E-state index is -0.310. The third-order valence-electron chi connectivity index (χ3n) is 3.49. The van der Waals surface area contributed by atoms with Crippen molar-refractivity contribution in [3.63, 3.8) is 0 Å². The van der Waals surface area contributed by atoms with Gasteiger partial charge in [0.1, 0.15) is 33.7 Å². The normalized spacial score (nSPS) is 11.2. The topological polar surface area (TPSA) is 78.1 Å². The number of aryl methyl sites for hydroxylation is 4. The Morgan fingerprint density at radius 2 is 2.08 bits per heavy atom. The number of fused-ring (bicyclic) bond motifs is 1. The van der Waals surface area contributed by atoms with Gasteiger partial charge in [-0.15, -0.1) is 11.3 Å². The molecule has 6 nitrogen and oxygen atoms in total. The van der Waals surface area contributed by atoms with Crippen molar-refractivity contribution in [3.8, 4) is 0 Å². The van der Waals surface area contributed by atoms with E-state index in [1.54, 1.807) is 24.3 Å². The molecule has 0 saturated heterocycles. The third-order valence-corrected chi connectivity index (χ3v) is 5.54. The molecule has 8 heteroatoms. The van der Waals surface area contributed by atoms with Gasteiger partial charge in [-0.05, 0) is 33.3 Å². The van der Waals surface area contributed by atoms with E-state index < -0.39 is 0 Å². The number of nitrogens with zero attached hydrogens (tertiary/aromatic N) is 3. The van der Waals surface area contributed by atoms with E-state index >= 15 is 0 Å². The summed E-state index contributed by atoms with van der Waals surface area (Å²) < 4.78 is 10.2. The Kier molecular flexibility index (Phi) is 4.86.